The zero-order valence-electron chi connectivity index (χ0n) is 20.1. The minimum Gasteiger partial charge on any atom is -0.349 e. The molecule has 0 amide bonds. The number of rotatable bonds is 4. The highest BCUT2D eigenvalue weighted by Gasteiger charge is 2.33. The van der Waals surface area contributed by atoms with Gasteiger partial charge in [-0.05, 0) is 82.6 Å². The van der Waals surface area contributed by atoms with Gasteiger partial charge in [-0.1, -0.05) is 42.0 Å². The van der Waals surface area contributed by atoms with Crippen LogP contribution in [0, 0.1) is 27.7 Å². The van der Waals surface area contributed by atoms with Crippen molar-refractivity contribution in [3.8, 4) is 0 Å². The van der Waals surface area contributed by atoms with Crippen molar-refractivity contribution in [3.05, 3.63) is 75.5 Å². The Morgan fingerprint density at radius 2 is 1.75 bits per heavy atom. The molecular formula is C28H34N4. The summed E-state index contributed by atoms with van der Waals surface area (Å²) in [5.74, 6) is 1.98. The van der Waals surface area contributed by atoms with Crippen LogP contribution in [0.5, 0.6) is 0 Å². The van der Waals surface area contributed by atoms with Gasteiger partial charge in [0.1, 0.15) is 5.82 Å². The molecule has 166 valence electrons. The predicted octanol–water partition coefficient (Wildman–Crippen LogP) is 6.31. The molecule has 3 aromatic rings. The van der Waals surface area contributed by atoms with Gasteiger partial charge in [0.05, 0.1) is 6.04 Å². The van der Waals surface area contributed by atoms with Crippen molar-refractivity contribution in [1.29, 1.82) is 0 Å². The van der Waals surface area contributed by atoms with Crippen LogP contribution >= 0.6 is 0 Å². The molecule has 0 saturated heterocycles. The summed E-state index contributed by atoms with van der Waals surface area (Å²) in [6, 6.07) is 13.9. The number of aromatic nitrogens is 2. The minimum absolute atomic E-state index is 0.418. The van der Waals surface area contributed by atoms with Crippen molar-refractivity contribution in [1.82, 2.24) is 9.97 Å². The van der Waals surface area contributed by atoms with E-state index in [1.807, 2.05) is 0 Å². The Bertz CT molecular complexity index is 1140. The smallest absolute Gasteiger partial charge is 0.232 e. The van der Waals surface area contributed by atoms with Gasteiger partial charge in [0.15, 0.2) is 0 Å². The maximum atomic E-state index is 5.24. The van der Waals surface area contributed by atoms with Gasteiger partial charge in [0.2, 0.25) is 5.95 Å². The summed E-state index contributed by atoms with van der Waals surface area (Å²) >= 11 is 0. The first-order valence-electron chi connectivity index (χ1n) is 12.0. The van der Waals surface area contributed by atoms with Crippen LogP contribution in [-0.2, 0) is 12.8 Å². The van der Waals surface area contributed by atoms with Crippen LogP contribution in [-0.4, -0.2) is 23.1 Å². The van der Waals surface area contributed by atoms with E-state index in [0.29, 0.717) is 6.04 Å². The predicted molar refractivity (Wildman–Crippen MR) is 133 cm³/mol. The topological polar surface area (TPSA) is 32.3 Å². The van der Waals surface area contributed by atoms with Gasteiger partial charge in [-0.15, -0.1) is 0 Å². The molecule has 5 rings (SSSR count). The van der Waals surface area contributed by atoms with Crippen LogP contribution in [0.15, 0.2) is 36.4 Å². The lowest BCUT2D eigenvalue weighted by Gasteiger charge is -2.35. The monoisotopic (exact) mass is 426 g/mol. The van der Waals surface area contributed by atoms with Crippen molar-refractivity contribution < 1.29 is 0 Å². The van der Waals surface area contributed by atoms with Gasteiger partial charge in [0.25, 0.3) is 0 Å². The molecule has 1 atom stereocenters. The molecule has 0 saturated carbocycles. The van der Waals surface area contributed by atoms with Gasteiger partial charge in [-0.25, -0.2) is 4.98 Å². The molecule has 32 heavy (non-hydrogen) atoms. The van der Waals surface area contributed by atoms with Crippen LogP contribution < -0.4 is 9.80 Å². The molecule has 1 aliphatic heterocycles. The normalized spacial score (nSPS) is 17.3. The molecular weight excluding hydrogens is 392 g/mol. The van der Waals surface area contributed by atoms with Gasteiger partial charge in [0, 0.05) is 30.0 Å². The van der Waals surface area contributed by atoms with Crippen molar-refractivity contribution in [2.75, 3.05) is 22.9 Å². The number of fused-ring (bicyclic) bond motifs is 2. The average Bonchev–Trinajstić information content (AvgIpc) is 3.20. The highest BCUT2D eigenvalue weighted by Crippen LogP contribution is 2.42. The largest absolute Gasteiger partial charge is 0.349 e. The Hall–Kier alpha value is -2.88. The zero-order chi connectivity index (χ0) is 22.4. The Labute approximate surface area is 192 Å². The van der Waals surface area contributed by atoms with Crippen molar-refractivity contribution >= 4 is 17.5 Å². The molecule has 0 spiro atoms. The summed E-state index contributed by atoms with van der Waals surface area (Å²) in [4.78, 5) is 15.1. The van der Waals surface area contributed by atoms with Gasteiger partial charge < -0.3 is 9.80 Å². The molecule has 2 heterocycles. The fourth-order valence-corrected chi connectivity index (χ4v) is 5.91. The van der Waals surface area contributed by atoms with E-state index in [1.165, 1.54) is 58.3 Å². The van der Waals surface area contributed by atoms with E-state index in [2.05, 4.69) is 80.8 Å². The molecule has 4 nitrogen and oxygen atoms in total. The second-order valence-corrected chi connectivity index (χ2v) is 9.45. The second-order valence-electron chi connectivity index (χ2n) is 9.45. The quantitative estimate of drug-likeness (QED) is 0.489. The van der Waals surface area contributed by atoms with Crippen LogP contribution in [0.25, 0.3) is 0 Å². The standard InChI is InChI=1S/C28H34N4/c1-6-31(26-19(3)16-18(2)17-20(26)4)28-29-21(5)23-14-15-32(27(23)30-28)25-13-9-11-22-10-7-8-12-24(22)25/h7-8,10,12,16-17,25H,6,9,11,13-15H2,1-5H3. The van der Waals surface area contributed by atoms with Crippen molar-refractivity contribution in [3.63, 3.8) is 0 Å². The lowest BCUT2D eigenvalue weighted by molar-refractivity contribution is 0.528. The lowest BCUT2D eigenvalue weighted by Crippen LogP contribution is -2.31. The van der Waals surface area contributed by atoms with Crippen molar-refractivity contribution in [2.45, 2.75) is 66.3 Å². The molecule has 0 bridgehead atoms. The summed E-state index contributed by atoms with van der Waals surface area (Å²) in [5, 5.41) is 0. The van der Waals surface area contributed by atoms with E-state index in [4.69, 9.17) is 9.97 Å². The molecule has 2 aliphatic rings. The fourth-order valence-electron chi connectivity index (χ4n) is 5.91. The van der Waals surface area contributed by atoms with E-state index >= 15 is 0 Å². The van der Waals surface area contributed by atoms with Gasteiger partial charge in [-0.2, -0.15) is 4.98 Å². The van der Waals surface area contributed by atoms with Crippen LogP contribution in [0.1, 0.15) is 64.9 Å². The van der Waals surface area contributed by atoms with E-state index in [1.54, 1.807) is 0 Å². The summed E-state index contributed by atoms with van der Waals surface area (Å²) < 4.78 is 0. The Morgan fingerprint density at radius 3 is 2.50 bits per heavy atom. The zero-order valence-corrected chi connectivity index (χ0v) is 20.1. The minimum atomic E-state index is 0.418. The number of nitrogens with zero attached hydrogens (tertiary/aromatic N) is 4. The third-order valence-electron chi connectivity index (χ3n) is 7.23. The second kappa shape index (κ2) is 8.23. The third kappa shape index (κ3) is 3.46. The fraction of sp³-hybridized carbons (Fsp3) is 0.429. The third-order valence-corrected chi connectivity index (χ3v) is 7.23. The molecule has 1 unspecified atom stereocenters. The first-order valence-corrected chi connectivity index (χ1v) is 12.0. The van der Waals surface area contributed by atoms with E-state index in [9.17, 15) is 0 Å². The number of benzene rings is 2. The number of anilines is 3. The van der Waals surface area contributed by atoms with Gasteiger partial charge in [-0.3, -0.25) is 0 Å². The van der Waals surface area contributed by atoms with E-state index < -0.39 is 0 Å². The van der Waals surface area contributed by atoms with Crippen molar-refractivity contribution in [2.24, 2.45) is 0 Å². The highest BCUT2D eigenvalue weighted by molar-refractivity contribution is 5.69. The highest BCUT2D eigenvalue weighted by atomic mass is 15.3. The molecule has 1 aromatic heterocycles. The first kappa shape index (κ1) is 21.0. The van der Waals surface area contributed by atoms with Gasteiger partial charge >= 0.3 is 0 Å². The summed E-state index contributed by atoms with van der Waals surface area (Å²) in [7, 11) is 0. The van der Waals surface area contributed by atoms with Crippen LogP contribution in [0.3, 0.4) is 0 Å². The molecule has 2 aromatic carbocycles. The lowest BCUT2D eigenvalue weighted by atomic mass is 9.87. The first-order chi connectivity index (χ1) is 15.5. The molecule has 4 heteroatoms. The summed E-state index contributed by atoms with van der Waals surface area (Å²) in [6.45, 7) is 12.8. The Morgan fingerprint density at radius 1 is 1.00 bits per heavy atom. The number of hydrogen-bond acceptors (Lipinski definition) is 4. The molecule has 1 aliphatic carbocycles. The average molecular weight is 427 g/mol. The summed E-state index contributed by atoms with van der Waals surface area (Å²) in [5.41, 5.74) is 10.5. The van der Waals surface area contributed by atoms with E-state index in [0.717, 1.165) is 37.0 Å². The molecule has 0 radical (unpaired) electrons. The van der Waals surface area contributed by atoms with Crippen LogP contribution in [0.4, 0.5) is 17.5 Å². The number of aryl methyl sites for hydroxylation is 5. The van der Waals surface area contributed by atoms with E-state index in [-0.39, 0.29) is 0 Å². The SMILES string of the molecule is CCN(c1nc(C)c2c(n1)N(C1CCCc3ccccc31)CC2)c1c(C)cc(C)cc1C. The van der Waals surface area contributed by atoms with Crippen LogP contribution in [0.2, 0.25) is 0 Å². The molecule has 0 fully saturated rings. The Kier molecular flexibility index (Phi) is 5.40. The summed E-state index contributed by atoms with van der Waals surface area (Å²) in [6.07, 6.45) is 4.67. The Balaban J connectivity index is 1.58. The maximum absolute atomic E-state index is 5.24. The molecule has 0 N–H and O–H groups in total. The number of hydrogen-bond donors (Lipinski definition) is 0. The maximum Gasteiger partial charge on any atom is 0.232 e.